The van der Waals surface area contributed by atoms with Gasteiger partial charge >= 0.3 is 5.91 Å². The molecule has 3 amide bonds. The van der Waals surface area contributed by atoms with Crippen molar-refractivity contribution >= 4 is 34.9 Å². The molecule has 4 N–H and O–H groups in total. The van der Waals surface area contributed by atoms with Crippen LogP contribution in [0.1, 0.15) is 34.6 Å². The molecule has 1 aliphatic heterocycles. The molecule has 214 valence electrons. The van der Waals surface area contributed by atoms with Gasteiger partial charge in [-0.25, -0.2) is 0 Å². The van der Waals surface area contributed by atoms with Crippen LogP contribution in [0.3, 0.4) is 0 Å². The zero-order valence-electron chi connectivity index (χ0n) is 23.6. The van der Waals surface area contributed by atoms with Crippen molar-refractivity contribution in [3.8, 4) is 0 Å². The Balaban J connectivity index is 0.000000748. The Hall–Kier alpha value is -5.28. The Labute approximate surface area is 245 Å². The number of amidine groups is 1. The van der Waals surface area contributed by atoms with Crippen LogP contribution in [0, 0.1) is 0 Å². The van der Waals surface area contributed by atoms with Gasteiger partial charge in [-0.1, -0.05) is 86.6 Å². The van der Waals surface area contributed by atoms with E-state index in [2.05, 4.69) is 40.2 Å². The molecule has 42 heavy (non-hydrogen) atoms. The maximum absolute atomic E-state index is 14.1. The molecule has 0 aromatic heterocycles. The van der Waals surface area contributed by atoms with E-state index < -0.39 is 23.4 Å². The number of hydrogen-bond acceptors (Lipinski definition) is 6. The quantitative estimate of drug-likeness (QED) is 0.234. The van der Waals surface area contributed by atoms with Crippen molar-refractivity contribution in [1.29, 1.82) is 0 Å². The number of hydrazone groups is 1. The van der Waals surface area contributed by atoms with Crippen LogP contribution in [0.15, 0.2) is 126 Å². The monoisotopic (exact) mass is 562 g/mol. The first kappa shape index (κ1) is 29.7. The van der Waals surface area contributed by atoms with E-state index in [9.17, 15) is 14.4 Å². The van der Waals surface area contributed by atoms with Crippen LogP contribution in [0.25, 0.3) is 0 Å². The Morgan fingerprint density at radius 2 is 1.17 bits per heavy atom. The van der Waals surface area contributed by atoms with Gasteiger partial charge in [0.05, 0.1) is 5.69 Å². The number of benzene rings is 4. The van der Waals surface area contributed by atoms with E-state index in [0.717, 1.165) is 13.1 Å². The zero-order chi connectivity index (χ0) is 29.8. The van der Waals surface area contributed by atoms with E-state index in [4.69, 9.17) is 0 Å². The maximum Gasteiger partial charge on any atom is 0.302 e. The van der Waals surface area contributed by atoms with Crippen LogP contribution in [-0.2, 0) is 4.79 Å². The Morgan fingerprint density at radius 1 is 0.690 bits per heavy atom. The summed E-state index contributed by atoms with van der Waals surface area (Å²) >= 11 is 0. The first-order chi connectivity index (χ1) is 20.5. The molecule has 4 aromatic carbocycles. The van der Waals surface area contributed by atoms with E-state index in [1.165, 1.54) is 5.01 Å². The fourth-order valence-electron chi connectivity index (χ4n) is 4.19. The van der Waals surface area contributed by atoms with Crippen molar-refractivity contribution in [2.75, 3.05) is 23.4 Å². The molecule has 0 saturated heterocycles. The van der Waals surface area contributed by atoms with Gasteiger partial charge in [0, 0.05) is 16.8 Å². The molecule has 4 aromatic rings. The number of rotatable bonds is 8. The first-order valence-electron chi connectivity index (χ1n) is 13.7. The van der Waals surface area contributed by atoms with E-state index in [0.29, 0.717) is 22.5 Å². The molecule has 1 heterocycles. The van der Waals surface area contributed by atoms with Gasteiger partial charge in [0.15, 0.2) is 5.84 Å². The average molecular weight is 563 g/mol. The molecule has 9 nitrogen and oxygen atoms in total. The molecular weight excluding hydrogens is 528 g/mol. The van der Waals surface area contributed by atoms with Gasteiger partial charge in [-0.15, -0.1) is 5.10 Å². The van der Waals surface area contributed by atoms with Crippen LogP contribution in [0.4, 0.5) is 11.4 Å². The Morgan fingerprint density at radius 3 is 1.67 bits per heavy atom. The predicted octanol–water partition coefficient (Wildman–Crippen LogP) is 4.63. The molecule has 5 rings (SSSR count). The van der Waals surface area contributed by atoms with Gasteiger partial charge in [-0.3, -0.25) is 14.4 Å². The molecule has 1 unspecified atom stereocenters. The van der Waals surface area contributed by atoms with Crippen LogP contribution >= 0.6 is 0 Å². The minimum atomic E-state index is -1.91. The van der Waals surface area contributed by atoms with E-state index in [-0.39, 0.29) is 5.84 Å². The third-order valence-electron chi connectivity index (χ3n) is 6.28. The molecule has 1 atom stereocenters. The highest BCUT2D eigenvalue weighted by atomic mass is 16.2. The number of nitrogens with one attached hydrogen (secondary N) is 4. The number of amides is 3. The lowest BCUT2D eigenvalue weighted by molar-refractivity contribution is -0.120. The molecule has 0 aliphatic carbocycles. The zero-order valence-corrected chi connectivity index (χ0v) is 23.6. The third-order valence-corrected chi connectivity index (χ3v) is 6.28. The predicted molar refractivity (Wildman–Crippen MR) is 166 cm³/mol. The Bertz CT molecular complexity index is 1500. The van der Waals surface area contributed by atoms with Gasteiger partial charge in [-0.05, 0) is 61.6 Å². The molecule has 0 saturated carbocycles. The molecule has 1 aliphatic rings. The molecule has 0 fully saturated rings. The third kappa shape index (κ3) is 7.07. The summed E-state index contributed by atoms with van der Waals surface area (Å²) in [6.45, 7) is 6.39. The second kappa shape index (κ2) is 14.4. The number of hydrogen-bond donors (Lipinski definition) is 4. The van der Waals surface area contributed by atoms with Crippen LogP contribution in [-0.4, -0.2) is 42.3 Å². The summed E-state index contributed by atoms with van der Waals surface area (Å²) in [5.74, 6) is -1.65. The van der Waals surface area contributed by atoms with Gasteiger partial charge in [0.2, 0.25) is 0 Å². The highest BCUT2D eigenvalue weighted by Gasteiger charge is 2.54. The highest BCUT2D eigenvalue weighted by Crippen LogP contribution is 2.28. The van der Waals surface area contributed by atoms with Crippen molar-refractivity contribution in [3.05, 3.63) is 132 Å². The van der Waals surface area contributed by atoms with Crippen molar-refractivity contribution < 1.29 is 14.4 Å². The normalized spacial score (nSPS) is 15.6. The SMILES string of the molecule is CCNCC.O=C(NC1=NN(c2ccccc2)C(=O)C1(NC(=O)c1ccccc1)Nc1ccccc1)c1ccccc1. The minimum absolute atomic E-state index is 0.0664. The van der Waals surface area contributed by atoms with Gasteiger partial charge in [-0.2, -0.15) is 5.01 Å². The van der Waals surface area contributed by atoms with E-state index >= 15 is 0 Å². The molecular formula is C33H34N6O3. The van der Waals surface area contributed by atoms with Crippen LogP contribution < -0.4 is 26.3 Å². The summed E-state index contributed by atoms with van der Waals surface area (Å²) in [6.07, 6.45) is 0. The number of carbonyl (C=O) groups excluding carboxylic acids is 3. The molecule has 0 bridgehead atoms. The number of carbonyl (C=O) groups is 3. The van der Waals surface area contributed by atoms with Crippen LogP contribution in [0.2, 0.25) is 0 Å². The van der Waals surface area contributed by atoms with Crippen molar-refractivity contribution in [1.82, 2.24) is 16.0 Å². The van der Waals surface area contributed by atoms with Gasteiger partial charge in [0.1, 0.15) is 0 Å². The van der Waals surface area contributed by atoms with E-state index in [1.54, 1.807) is 109 Å². The summed E-state index contributed by atoms with van der Waals surface area (Å²) in [6, 6.07) is 34.8. The smallest absolute Gasteiger partial charge is 0.302 e. The average Bonchev–Trinajstić information content (AvgIpc) is 3.29. The Kier molecular flexibility index (Phi) is 10.2. The second-order valence-corrected chi connectivity index (χ2v) is 9.24. The topological polar surface area (TPSA) is 115 Å². The highest BCUT2D eigenvalue weighted by molar-refractivity contribution is 6.28. The van der Waals surface area contributed by atoms with Gasteiger partial charge < -0.3 is 21.3 Å². The standard InChI is InChI=1S/C29H23N5O3.C4H11N/c35-25(21-13-5-1-6-14-21)30-27-29(31-23-17-9-3-10-18-23,32-26(36)22-15-7-2-8-16-22)28(37)34(33-27)24-19-11-4-12-20-24;1-3-5-4-2/h1-20,31H,(H,32,36)(H,30,33,35);5H,3-4H2,1-2H3. The minimum Gasteiger partial charge on any atom is -0.348 e. The largest absolute Gasteiger partial charge is 0.348 e. The van der Waals surface area contributed by atoms with E-state index in [1.807, 2.05) is 12.1 Å². The van der Waals surface area contributed by atoms with Crippen LogP contribution in [0.5, 0.6) is 0 Å². The molecule has 9 heteroatoms. The molecule has 0 radical (unpaired) electrons. The number of anilines is 2. The summed E-state index contributed by atoms with van der Waals surface area (Å²) in [4.78, 5) is 40.7. The molecule has 0 spiro atoms. The lowest BCUT2D eigenvalue weighted by atomic mass is 10.0. The second-order valence-electron chi connectivity index (χ2n) is 9.24. The summed E-state index contributed by atoms with van der Waals surface area (Å²) in [5.41, 5.74) is -0.171. The number of para-hydroxylation sites is 2. The maximum atomic E-state index is 14.1. The fourth-order valence-corrected chi connectivity index (χ4v) is 4.19. The van der Waals surface area contributed by atoms with Gasteiger partial charge in [0.25, 0.3) is 17.5 Å². The lowest BCUT2D eigenvalue weighted by Gasteiger charge is -2.32. The lowest BCUT2D eigenvalue weighted by Crippen LogP contribution is -2.68. The van der Waals surface area contributed by atoms with Crippen molar-refractivity contribution in [3.63, 3.8) is 0 Å². The fraction of sp³-hybridized carbons (Fsp3) is 0.152. The number of nitrogens with zero attached hydrogens (tertiary/aromatic N) is 2. The summed E-state index contributed by atoms with van der Waals surface area (Å²) in [5, 5.41) is 17.5. The summed E-state index contributed by atoms with van der Waals surface area (Å²) < 4.78 is 0. The summed E-state index contributed by atoms with van der Waals surface area (Å²) in [7, 11) is 0. The van der Waals surface area contributed by atoms with Crippen molar-refractivity contribution in [2.45, 2.75) is 19.5 Å². The van der Waals surface area contributed by atoms with Crippen molar-refractivity contribution in [2.24, 2.45) is 5.10 Å². The first-order valence-corrected chi connectivity index (χ1v) is 13.7.